The van der Waals surface area contributed by atoms with E-state index in [1.54, 1.807) is 6.20 Å². The molecule has 2 heterocycles. The third-order valence-electron chi connectivity index (χ3n) is 4.35. The van der Waals surface area contributed by atoms with Crippen molar-refractivity contribution in [1.82, 2.24) is 15.5 Å². The van der Waals surface area contributed by atoms with Crippen molar-refractivity contribution in [2.24, 2.45) is 0 Å². The van der Waals surface area contributed by atoms with E-state index in [-0.39, 0.29) is 11.9 Å². The van der Waals surface area contributed by atoms with Crippen LogP contribution < -0.4 is 10.2 Å². The highest BCUT2D eigenvalue weighted by molar-refractivity contribution is 5.96. The topological polar surface area (TPSA) is 58.1 Å². The van der Waals surface area contributed by atoms with Gasteiger partial charge < -0.3 is 10.2 Å². The van der Waals surface area contributed by atoms with E-state index in [2.05, 4.69) is 20.4 Å². The highest BCUT2D eigenvalue weighted by Crippen LogP contribution is 2.18. The van der Waals surface area contributed by atoms with Gasteiger partial charge in [-0.2, -0.15) is 5.10 Å². The van der Waals surface area contributed by atoms with Crippen LogP contribution in [0.5, 0.6) is 0 Å². The maximum atomic E-state index is 12.5. The molecule has 1 aromatic carbocycles. The fourth-order valence-corrected chi connectivity index (χ4v) is 2.96. The first-order chi connectivity index (χ1) is 11.1. The molecule has 0 aliphatic carbocycles. The lowest BCUT2D eigenvalue weighted by Crippen LogP contribution is -2.45. The van der Waals surface area contributed by atoms with Gasteiger partial charge in [0.25, 0.3) is 5.91 Å². The molecule has 5 heteroatoms. The Kier molecular flexibility index (Phi) is 4.55. The second kappa shape index (κ2) is 6.77. The second-order valence-electron chi connectivity index (χ2n) is 6.14. The van der Waals surface area contributed by atoms with E-state index in [0.29, 0.717) is 0 Å². The lowest BCUT2D eigenvalue weighted by molar-refractivity contribution is 0.0930. The molecule has 1 saturated heterocycles. The van der Waals surface area contributed by atoms with Crippen LogP contribution in [0.15, 0.2) is 36.5 Å². The third-order valence-corrected chi connectivity index (χ3v) is 4.35. The van der Waals surface area contributed by atoms with Crippen LogP contribution in [-0.2, 0) is 0 Å². The molecular formula is C18H22N4O. The zero-order chi connectivity index (χ0) is 16.2. The molecule has 120 valence electrons. The molecule has 2 aromatic rings. The highest BCUT2D eigenvalue weighted by Gasteiger charge is 2.22. The van der Waals surface area contributed by atoms with Crippen LogP contribution in [0.3, 0.4) is 0 Å². The van der Waals surface area contributed by atoms with Crippen molar-refractivity contribution in [3.63, 3.8) is 0 Å². The number of benzene rings is 1. The molecule has 1 amide bonds. The maximum absolute atomic E-state index is 12.5. The first kappa shape index (κ1) is 15.5. The molecule has 1 aliphatic rings. The SMILES string of the molecule is Cc1ccc(C)c(C(=O)NC2CCN(c3cccnn3)CC2)c1. The van der Waals surface area contributed by atoms with E-state index in [9.17, 15) is 4.79 Å². The molecular weight excluding hydrogens is 288 g/mol. The molecule has 0 saturated carbocycles. The molecule has 23 heavy (non-hydrogen) atoms. The Bertz CT molecular complexity index is 679. The number of nitrogens with one attached hydrogen (secondary N) is 1. The number of anilines is 1. The van der Waals surface area contributed by atoms with Crippen molar-refractivity contribution in [2.75, 3.05) is 18.0 Å². The van der Waals surface area contributed by atoms with Crippen molar-refractivity contribution >= 4 is 11.7 Å². The largest absolute Gasteiger partial charge is 0.355 e. The van der Waals surface area contributed by atoms with Gasteiger partial charge in [-0.25, -0.2) is 0 Å². The van der Waals surface area contributed by atoms with Crippen LogP contribution >= 0.6 is 0 Å². The van der Waals surface area contributed by atoms with E-state index >= 15 is 0 Å². The predicted octanol–water partition coefficient (Wildman–Crippen LogP) is 2.49. The minimum Gasteiger partial charge on any atom is -0.355 e. The van der Waals surface area contributed by atoms with E-state index in [4.69, 9.17) is 0 Å². The first-order valence-electron chi connectivity index (χ1n) is 8.04. The van der Waals surface area contributed by atoms with Gasteiger partial charge in [-0.15, -0.1) is 5.10 Å². The smallest absolute Gasteiger partial charge is 0.251 e. The summed E-state index contributed by atoms with van der Waals surface area (Å²) >= 11 is 0. The molecule has 0 bridgehead atoms. The number of rotatable bonds is 3. The molecule has 5 nitrogen and oxygen atoms in total. The number of hydrogen-bond donors (Lipinski definition) is 1. The minimum absolute atomic E-state index is 0.0316. The summed E-state index contributed by atoms with van der Waals surface area (Å²) in [6.07, 6.45) is 3.53. The van der Waals surface area contributed by atoms with Crippen molar-refractivity contribution < 1.29 is 4.79 Å². The molecule has 1 aromatic heterocycles. The number of carbonyl (C=O) groups is 1. The van der Waals surface area contributed by atoms with E-state index in [0.717, 1.165) is 48.4 Å². The Morgan fingerprint density at radius 1 is 1.22 bits per heavy atom. The monoisotopic (exact) mass is 310 g/mol. The lowest BCUT2D eigenvalue weighted by atomic mass is 10.0. The van der Waals surface area contributed by atoms with Gasteiger partial charge in [-0.05, 0) is 50.5 Å². The van der Waals surface area contributed by atoms with Gasteiger partial charge in [0, 0.05) is 30.9 Å². The van der Waals surface area contributed by atoms with Gasteiger partial charge in [0.1, 0.15) is 0 Å². The number of hydrogen-bond acceptors (Lipinski definition) is 4. The second-order valence-corrected chi connectivity index (χ2v) is 6.14. The Balaban J connectivity index is 1.58. The number of amides is 1. The van der Waals surface area contributed by atoms with Crippen molar-refractivity contribution in [2.45, 2.75) is 32.7 Å². The molecule has 0 unspecified atom stereocenters. The van der Waals surface area contributed by atoms with Gasteiger partial charge in [0.15, 0.2) is 5.82 Å². The lowest BCUT2D eigenvalue weighted by Gasteiger charge is -2.32. The van der Waals surface area contributed by atoms with Gasteiger partial charge in [0.05, 0.1) is 0 Å². The first-order valence-corrected chi connectivity index (χ1v) is 8.04. The Labute approximate surface area is 136 Å². The molecule has 0 atom stereocenters. The summed E-state index contributed by atoms with van der Waals surface area (Å²) in [7, 11) is 0. The van der Waals surface area contributed by atoms with Crippen LogP contribution in [-0.4, -0.2) is 35.2 Å². The third kappa shape index (κ3) is 3.67. The van der Waals surface area contributed by atoms with Crippen LogP contribution in [0.4, 0.5) is 5.82 Å². The summed E-state index contributed by atoms with van der Waals surface area (Å²) in [5.74, 6) is 0.941. The standard InChI is InChI=1S/C18H22N4O/c1-13-5-6-14(2)16(12-13)18(23)20-15-7-10-22(11-8-15)17-4-3-9-19-21-17/h3-6,9,12,15H,7-8,10-11H2,1-2H3,(H,20,23). The number of nitrogens with zero attached hydrogens (tertiary/aromatic N) is 3. The minimum atomic E-state index is 0.0316. The summed E-state index contributed by atoms with van der Waals surface area (Å²) in [6, 6.07) is 10.1. The number of aromatic nitrogens is 2. The predicted molar refractivity (Wildman–Crippen MR) is 90.6 cm³/mol. The molecule has 0 spiro atoms. The van der Waals surface area contributed by atoms with Crippen molar-refractivity contribution in [3.05, 3.63) is 53.2 Å². The number of aryl methyl sites for hydroxylation is 2. The van der Waals surface area contributed by atoms with Gasteiger partial charge in [-0.3, -0.25) is 4.79 Å². The Morgan fingerprint density at radius 2 is 2.00 bits per heavy atom. The molecule has 1 aliphatic heterocycles. The summed E-state index contributed by atoms with van der Waals surface area (Å²) in [6.45, 7) is 5.76. The summed E-state index contributed by atoms with van der Waals surface area (Å²) in [4.78, 5) is 14.7. The van der Waals surface area contributed by atoms with E-state index in [1.807, 2.05) is 44.2 Å². The van der Waals surface area contributed by atoms with Gasteiger partial charge >= 0.3 is 0 Å². The normalized spacial score (nSPS) is 15.5. The van der Waals surface area contributed by atoms with Crippen LogP contribution in [0.1, 0.15) is 34.3 Å². The van der Waals surface area contributed by atoms with E-state index < -0.39 is 0 Å². The zero-order valence-corrected chi connectivity index (χ0v) is 13.6. The highest BCUT2D eigenvalue weighted by atomic mass is 16.1. The van der Waals surface area contributed by atoms with E-state index in [1.165, 1.54) is 0 Å². The summed E-state index contributed by atoms with van der Waals surface area (Å²) in [5, 5.41) is 11.2. The van der Waals surface area contributed by atoms with Gasteiger partial charge in [0.2, 0.25) is 0 Å². The molecule has 1 N–H and O–H groups in total. The molecule has 0 radical (unpaired) electrons. The van der Waals surface area contributed by atoms with Crippen molar-refractivity contribution in [3.8, 4) is 0 Å². The van der Waals surface area contributed by atoms with Crippen molar-refractivity contribution in [1.29, 1.82) is 0 Å². The fourth-order valence-electron chi connectivity index (χ4n) is 2.96. The molecule has 1 fully saturated rings. The van der Waals surface area contributed by atoms with Crippen LogP contribution in [0.2, 0.25) is 0 Å². The average Bonchev–Trinajstić information content (AvgIpc) is 2.58. The zero-order valence-electron chi connectivity index (χ0n) is 13.6. The van der Waals surface area contributed by atoms with Crippen LogP contribution in [0, 0.1) is 13.8 Å². The fraction of sp³-hybridized carbons (Fsp3) is 0.389. The molecule has 3 rings (SSSR count). The summed E-state index contributed by atoms with van der Waals surface area (Å²) < 4.78 is 0. The quantitative estimate of drug-likeness (QED) is 0.946. The summed E-state index contributed by atoms with van der Waals surface area (Å²) in [5.41, 5.74) is 2.91. The average molecular weight is 310 g/mol. The van der Waals surface area contributed by atoms with Crippen LogP contribution in [0.25, 0.3) is 0 Å². The Hall–Kier alpha value is -2.43. The van der Waals surface area contributed by atoms with Gasteiger partial charge in [-0.1, -0.05) is 17.7 Å². The number of carbonyl (C=O) groups excluding carboxylic acids is 1. The number of piperidine rings is 1. The Morgan fingerprint density at radius 3 is 2.70 bits per heavy atom. The maximum Gasteiger partial charge on any atom is 0.251 e.